The van der Waals surface area contributed by atoms with Crippen molar-refractivity contribution < 1.29 is 0 Å². The Kier molecular flexibility index (Phi) is 7.06. The summed E-state index contributed by atoms with van der Waals surface area (Å²) in [5, 5.41) is 3.09. The van der Waals surface area contributed by atoms with Crippen LogP contribution in [0.2, 0.25) is 0 Å². The summed E-state index contributed by atoms with van der Waals surface area (Å²) in [6.07, 6.45) is 0. The zero-order valence-electron chi connectivity index (χ0n) is 20.6. The van der Waals surface area contributed by atoms with Crippen LogP contribution in [0.1, 0.15) is 152 Å². The second-order valence-corrected chi connectivity index (χ2v) is 10.6. The van der Waals surface area contributed by atoms with Crippen LogP contribution in [-0.4, -0.2) is 0 Å². The Morgan fingerprint density at radius 1 is 0.393 bits per heavy atom. The van der Waals surface area contributed by atoms with Gasteiger partial charge < -0.3 is 0 Å². The van der Waals surface area contributed by atoms with Crippen LogP contribution >= 0.6 is 0 Å². The molecule has 0 radical (unpaired) electrons. The van der Waals surface area contributed by atoms with Crippen LogP contribution < -0.4 is 0 Å². The van der Waals surface area contributed by atoms with Gasteiger partial charge in [-0.1, -0.05) is 95.2 Å². The van der Waals surface area contributed by atoms with Crippen LogP contribution in [0.25, 0.3) is 10.8 Å². The van der Waals surface area contributed by atoms with Gasteiger partial charge in [-0.25, -0.2) is 0 Å². The van der Waals surface area contributed by atoms with E-state index in [1.54, 1.807) is 33.2 Å². The lowest BCUT2D eigenvalue weighted by Gasteiger charge is -2.32. The highest BCUT2D eigenvalue weighted by Gasteiger charge is 2.28. The predicted octanol–water partition coefficient (Wildman–Crippen LogP) is 9.58. The van der Waals surface area contributed by atoms with E-state index in [9.17, 15) is 0 Å². The minimum Gasteiger partial charge on any atom is -0.0587 e. The molecule has 0 bridgehead atoms. The van der Waals surface area contributed by atoms with Crippen molar-refractivity contribution in [3.8, 4) is 0 Å². The molecular formula is C28H44. The molecule has 0 heteroatoms. The Bertz CT molecular complexity index is 823. The van der Waals surface area contributed by atoms with Crippen molar-refractivity contribution in [2.24, 2.45) is 0 Å². The van der Waals surface area contributed by atoms with Crippen molar-refractivity contribution in [2.45, 2.75) is 119 Å². The van der Waals surface area contributed by atoms with Gasteiger partial charge in [0.05, 0.1) is 0 Å². The Hall–Kier alpha value is -1.30. The molecule has 156 valence electrons. The van der Waals surface area contributed by atoms with Crippen LogP contribution in [0.5, 0.6) is 0 Å². The molecule has 0 N–H and O–H groups in total. The standard InChI is InChI=1S/C28H44/c1-15(2)21-13-14-22-24(17(5)6)25(18(7)8)26(19(9)10)27(20(11)12)28(22)23(21)16(3)4/h13-20H,1-12H3. The number of hydrogen-bond acceptors (Lipinski definition) is 0. The first-order valence-electron chi connectivity index (χ1n) is 11.6. The third-order valence-corrected chi connectivity index (χ3v) is 6.22. The van der Waals surface area contributed by atoms with Gasteiger partial charge in [0.1, 0.15) is 0 Å². The van der Waals surface area contributed by atoms with Gasteiger partial charge in [0.2, 0.25) is 0 Å². The van der Waals surface area contributed by atoms with E-state index in [1.807, 2.05) is 0 Å². The van der Waals surface area contributed by atoms with Crippen molar-refractivity contribution in [1.29, 1.82) is 0 Å². The molecule has 0 nitrogen and oxygen atoms in total. The monoisotopic (exact) mass is 380 g/mol. The third kappa shape index (κ3) is 3.89. The fourth-order valence-electron chi connectivity index (χ4n) is 5.31. The van der Waals surface area contributed by atoms with Gasteiger partial charge in [0.25, 0.3) is 0 Å². The maximum absolute atomic E-state index is 2.45. The molecule has 0 amide bonds. The summed E-state index contributed by atoms with van der Waals surface area (Å²) in [5.41, 5.74) is 9.58. The van der Waals surface area contributed by atoms with Crippen molar-refractivity contribution in [3.63, 3.8) is 0 Å². The Morgan fingerprint density at radius 3 is 1.14 bits per heavy atom. The molecule has 0 atom stereocenters. The summed E-state index contributed by atoms with van der Waals surface area (Å²) >= 11 is 0. The molecule has 0 spiro atoms. The highest BCUT2D eigenvalue weighted by atomic mass is 14.3. The van der Waals surface area contributed by atoms with Crippen LogP contribution in [-0.2, 0) is 0 Å². The second kappa shape index (κ2) is 8.60. The van der Waals surface area contributed by atoms with E-state index < -0.39 is 0 Å². The summed E-state index contributed by atoms with van der Waals surface area (Å²) in [6.45, 7) is 28.6. The van der Waals surface area contributed by atoms with E-state index in [1.165, 1.54) is 10.9 Å². The van der Waals surface area contributed by atoms with Gasteiger partial charge in [-0.05, 0) is 79.7 Å². The summed E-state index contributed by atoms with van der Waals surface area (Å²) in [5.74, 6) is 3.23. The molecule has 0 aliphatic rings. The van der Waals surface area contributed by atoms with E-state index in [0.29, 0.717) is 35.5 Å². The van der Waals surface area contributed by atoms with Crippen LogP contribution in [0.15, 0.2) is 12.1 Å². The van der Waals surface area contributed by atoms with Crippen molar-refractivity contribution in [2.75, 3.05) is 0 Å². The lowest BCUT2D eigenvalue weighted by Crippen LogP contribution is -2.14. The first-order valence-corrected chi connectivity index (χ1v) is 11.6. The predicted molar refractivity (Wildman–Crippen MR) is 128 cm³/mol. The van der Waals surface area contributed by atoms with E-state index in [4.69, 9.17) is 0 Å². The van der Waals surface area contributed by atoms with Crippen LogP contribution in [0.4, 0.5) is 0 Å². The average Bonchev–Trinajstić information content (AvgIpc) is 2.56. The van der Waals surface area contributed by atoms with Gasteiger partial charge in [-0.2, -0.15) is 0 Å². The quantitative estimate of drug-likeness (QED) is 0.468. The van der Waals surface area contributed by atoms with E-state index in [0.717, 1.165) is 0 Å². The van der Waals surface area contributed by atoms with Gasteiger partial charge in [-0.3, -0.25) is 0 Å². The molecule has 0 heterocycles. The van der Waals surface area contributed by atoms with Crippen molar-refractivity contribution in [1.82, 2.24) is 0 Å². The van der Waals surface area contributed by atoms with Crippen LogP contribution in [0.3, 0.4) is 0 Å². The molecule has 2 aromatic rings. The number of fused-ring (bicyclic) bond motifs is 1. The summed E-state index contributed by atoms with van der Waals surface area (Å²) in [4.78, 5) is 0. The Balaban J connectivity index is 3.31. The van der Waals surface area contributed by atoms with E-state index >= 15 is 0 Å². The highest BCUT2D eigenvalue weighted by Crippen LogP contribution is 2.47. The van der Waals surface area contributed by atoms with Crippen molar-refractivity contribution >= 4 is 10.8 Å². The first-order chi connectivity index (χ1) is 12.9. The first kappa shape index (κ1) is 23.0. The van der Waals surface area contributed by atoms with Crippen LogP contribution in [0, 0.1) is 0 Å². The normalized spacial score (nSPS) is 12.8. The minimum atomic E-state index is 0.526. The summed E-state index contributed by atoms with van der Waals surface area (Å²) in [6, 6.07) is 4.88. The molecule has 2 rings (SSSR count). The zero-order valence-corrected chi connectivity index (χ0v) is 20.6. The molecule has 2 aromatic carbocycles. The lowest BCUT2D eigenvalue weighted by molar-refractivity contribution is 0.726. The number of benzene rings is 2. The average molecular weight is 381 g/mol. The number of rotatable bonds is 6. The van der Waals surface area contributed by atoms with E-state index in [2.05, 4.69) is 95.2 Å². The van der Waals surface area contributed by atoms with Gasteiger partial charge in [0.15, 0.2) is 0 Å². The molecule has 0 saturated carbocycles. The molecule has 0 fully saturated rings. The molecule has 0 aromatic heterocycles. The van der Waals surface area contributed by atoms with E-state index in [-0.39, 0.29) is 0 Å². The Labute approximate surface area is 175 Å². The maximum atomic E-state index is 2.45. The minimum absolute atomic E-state index is 0.526. The largest absolute Gasteiger partial charge is 0.0587 e. The van der Waals surface area contributed by atoms with Gasteiger partial charge in [0, 0.05) is 0 Å². The Morgan fingerprint density at radius 2 is 0.786 bits per heavy atom. The van der Waals surface area contributed by atoms with Gasteiger partial charge >= 0.3 is 0 Å². The summed E-state index contributed by atoms with van der Waals surface area (Å²) in [7, 11) is 0. The molecule has 0 unspecified atom stereocenters. The number of hydrogen-bond donors (Lipinski definition) is 0. The molecule has 28 heavy (non-hydrogen) atoms. The third-order valence-electron chi connectivity index (χ3n) is 6.22. The molecule has 0 saturated heterocycles. The smallest absolute Gasteiger partial charge is 0.0106 e. The van der Waals surface area contributed by atoms with Crippen molar-refractivity contribution in [3.05, 3.63) is 45.5 Å². The fraction of sp³-hybridized carbons (Fsp3) is 0.643. The summed E-state index contributed by atoms with van der Waals surface area (Å²) < 4.78 is 0. The molecular weight excluding hydrogens is 336 g/mol. The fourth-order valence-corrected chi connectivity index (χ4v) is 5.31. The lowest BCUT2D eigenvalue weighted by atomic mass is 9.72. The molecule has 0 aliphatic carbocycles. The second-order valence-electron chi connectivity index (χ2n) is 10.6. The van der Waals surface area contributed by atoms with Gasteiger partial charge in [-0.15, -0.1) is 0 Å². The molecule has 0 aliphatic heterocycles. The maximum Gasteiger partial charge on any atom is -0.0106 e. The zero-order chi connectivity index (χ0) is 21.5. The highest BCUT2D eigenvalue weighted by molar-refractivity contribution is 5.96. The SMILES string of the molecule is CC(C)c1ccc2c(C(C)C)c(C(C)C)c(C(C)C)c(C(C)C)c2c1C(C)C. The topological polar surface area (TPSA) is 0 Å².